The molecule has 0 bridgehead atoms. The van der Waals surface area contributed by atoms with E-state index in [0.29, 0.717) is 25.9 Å². The number of benzene rings is 1. The molecule has 0 radical (unpaired) electrons. The van der Waals surface area contributed by atoms with Crippen LogP contribution in [0.3, 0.4) is 0 Å². The van der Waals surface area contributed by atoms with Gasteiger partial charge in [0, 0.05) is 6.42 Å². The Morgan fingerprint density at radius 2 is 2.07 bits per heavy atom. The monoisotopic (exact) mass is 203 g/mol. The molecule has 0 unspecified atom stereocenters. The number of hydrogen-bond acceptors (Lipinski definition) is 3. The summed E-state index contributed by atoms with van der Waals surface area (Å²) >= 11 is 0. The summed E-state index contributed by atoms with van der Waals surface area (Å²) in [4.78, 5) is 11.3. The molecule has 0 saturated heterocycles. The van der Waals surface area contributed by atoms with Gasteiger partial charge in [-0.2, -0.15) is 5.26 Å². The van der Waals surface area contributed by atoms with Crippen molar-refractivity contribution in [1.82, 2.24) is 0 Å². The zero-order valence-electron chi connectivity index (χ0n) is 8.48. The second kappa shape index (κ2) is 6.61. The van der Waals surface area contributed by atoms with Crippen molar-refractivity contribution in [2.45, 2.75) is 19.3 Å². The van der Waals surface area contributed by atoms with E-state index < -0.39 is 0 Å². The molecule has 0 aliphatic heterocycles. The fraction of sp³-hybridized carbons (Fsp3) is 0.333. The van der Waals surface area contributed by atoms with Gasteiger partial charge in [-0.1, -0.05) is 30.3 Å². The molecule has 15 heavy (non-hydrogen) atoms. The maximum atomic E-state index is 11.3. The lowest BCUT2D eigenvalue weighted by Crippen LogP contribution is -2.08. The van der Waals surface area contributed by atoms with Crippen LogP contribution in [-0.2, 0) is 16.0 Å². The van der Waals surface area contributed by atoms with Gasteiger partial charge in [-0.25, -0.2) is 0 Å². The Hall–Kier alpha value is -1.82. The fourth-order valence-corrected chi connectivity index (χ4v) is 1.15. The average molecular weight is 203 g/mol. The minimum absolute atomic E-state index is 0.237. The van der Waals surface area contributed by atoms with Gasteiger partial charge in [0.25, 0.3) is 0 Å². The molecule has 0 heterocycles. The van der Waals surface area contributed by atoms with Crippen molar-refractivity contribution < 1.29 is 9.53 Å². The molecule has 0 aliphatic rings. The molecule has 0 fully saturated rings. The van der Waals surface area contributed by atoms with Crippen LogP contribution in [0.1, 0.15) is 18.4 Å². The van der Waals surface area contributed by atoms with Crippen molar-refractivity contribution in [3.8, 4) is 6.07 Å². The summed E-state index contributed by atoms with van der Waals surface area (Å²) in [5.41, 5.74) is 0.947. The molecular formula is C12H13NO2. The number of nitriles is 1. The van der Waals surface area contributed by atoms with Crippen LogP contribution in [0.25, 0.3) is 0 Å². The molecule has 1 aromatic rings. The normalized spacial score (nSPS) is 9.27. The van der Waals surface area contributed by atoms with Crippen molar-refractivity contribution in [3.05, 3.63) is 35.9 Å². The maximum Gasteiger partial charge on any atom is 0.310 e. The van der Waals surface area contributed by atoms with E-state index in [9.17, 15) is 4.79 Å². The van der Waals surface area contributed by atoms with Crippen LogP contribution < -0.4 is 0 Å². The van der Waals surface area contributed by atoms with Gasteiger partial charge in [0.05, 0.1) is 19.1 Å². The van der Waals surface area contributed by atoms with Gasteiger partial charge in [0.2, 0.25) is 0 Å². The summed E-state index contributed by atoms with van der Waals surface area (Å²) in [5, 5.41) is 8.28. The predicted molar refractivity (Wildman–Crippen MR) is 56.0 cm³/mol. The van der Waals surface area contributed by atoms with E-state index in [4.69, 9.17) is 10.00 Å². The van der Waals surface area contributed by atoms with Gasteiger partial charge in [-0.3, -0.25) is 4.79 Å². The van der Waals surface area contributed by atoms with Crippen LogP contribution in [0.4, 0.5) is 0 Å². The highest BCUT2D eigenvalue weighted by atomic mass is 16.5. The van der Waals surface area contributed by atoms with Crippen LogP contribution >= 0.6 is 0 Å². The van der Waals surface area contributed by atoms with E-state index in [2.05, 4.69) is 0 Å². The highest BCUT2D eigenvalue weighted by molar-refractivity contribution is 5.72. The molecule has 1 aromatic carbocycles. The second-order valence-electron chi connectivity index (χ2n) is 3.14. The van der Waals surface area contributed by atoms with E-state index in [1.807, 2.05) is 36.4 Å². The van der Waals surface area contributed by atoms with Crippen molar-refractivity contribution in [3.63, 3.8) is 0 Å². The van der Waals surface area contributed by atoms with Gasteiger partial charge in [-0.05, 0) is 12.0 Å². The summed E-state index contributed by atoms with van der Waals surface area (Å²) in [6.45, 7) is 0.333. The maximum absolute atomic E-state index is 11.3. The number of hydrogen-bond donors (Lipinski definition) is 0. The minimum Gasteiger partial charge on any atom is -0.465 e. The largest absolute Gasteiger partial charge is 0.465 e. The first-order valence-corrected chi connectivity index (χ1v) is 4.89. The topological polar surface area (TPSA) is 50.1 Å². The van der Waals surface area contributed by atoms with Crippen LogP contribution in [0, 0.1) is 11.3 Å². The standard InChI is InChI=1S/C12H13NO2/c13-8-4-5-9-15-12(14)10-11-6-2-1-3-7-11/h1-3,6-7H,4-5,9-10H2. The number of nitrogens with zero attached hydrogens (tertiary/aromatic N) is 1. The molecular weight excluding hydrogens is 190 g/mol. The van der Waals surface area contributed by atoms with Crippen molar-refractivity contribution in [2.75, 3.05) is 6.61 Å². The van der Waals surface area contributed by atoms with E-state index in [-0.39, 0.29) is 5.97 Å². The molecule has 0 atom stereocenters. The third-order valence-corrected chi connectivity index (χ3v) is 1.89. The lowest BCUT2D eigenvalue weighted by atomic mass is 10.2. The molecule has 0 aliphatic carbocycles. The van der Waals surface area contributed by atoms with Gasteiger partial charge in [-0.15, -0.1) is 0 Å². The number of unbranched alkanes of at least 4 members (excludes halogenated alkanes) is 1. The molecule has 0 amide bonds. The molecule has 0 aromatic heterocycles. The van der Waals surface area contributed by atoms with Gasteiger partial charge < -0.3 is 4.74 Å². The highest BCUT2D eigenvalue weighted by Gasteiger charge is 2.03. The second-order valence-corrected chi connectivity index (χ2v) is 3.14. The Balaban J connectivity index is 2.22. The van der Waals surface area contributed by atoms with Gasteiger partial charge >= 0.3 is 5.97 Å². The Morgan fingerprint density at radius 3 is 2.73 bits per heavy atom. The number of carbonyl (C=O) groups excluding carboxylic acids is 1. The predicted octanol–water partition coefficient (Wildman–Crippen LogP) is 2.08. The van der Waals surface area contributed by atoms with Crippen molar-refractivity contribution in [1.29, 1.82) is 5.26 Å². The van der Waals surface area contributed by atoms with Crippen LogP contribution in [0.15, 0.2) is 30.3 Å². The number of carbonyl (C=O) groups is 1. The van der Waals surface area contributed by atoms with Crippen LogP contribution in [-0.4, -0.2) is 12.6 Å². The molecule has 0 spiro atoms. The summed E-state index contributed by atoms with van der Waals surface area (Å²) in [5.74, 6) is -0.237. The van der Waals surface area contributed by atoms with E-state index in [1.165, 1.54) is 0 Å². The fourth-order valence-electron chi connectivity index (χ4n) is 1.15. The number of rotatable bonds is 5. The van der Waals surface area contributed by atoms with Crippen molar-refractivity contribution in [2.24, 2.45) is 0 Å². The van der Waals surface area contributed by atoms with Crippen molar-refractivity contribution >= 4 is 5.97 Å². The molecule has 0 N–H and O–H groups in total. The van der Waals surface area contributed by atoms with Crippen LogP contribution in [0.2, 0.25) is 0 Å². The third-order valence-electron chi connectivity index (χ3n) is 1.89. The third kappa shape index (κ3) is 4.82. The zero-order valence-corrected chi connectivity index (χ0v) is 8.48. The molecule has 0 saturated carbocycles. The first-order valence-electron chi connectivity index (χ1n) is 4.89. The summed E-state index contributed by atoms with van der Waals surface area (Å²) in [7, 11) is 0. The summed E-state index contributed by atoms with van der Waals surface area (Å²) in [6, 6.07) is 11.4. The van der Waals surface area contributed by atoms with E-state index in [1.54, 1.807) is 0 Å². The highest BCUT2D eigenvalue weighted by Crippen LogP contribution is 2.01. The molecule has 78 valence electrons. The lowest BCUT2D eigenvalue weighted by molar-refractivity contribution is -0.142. The number of esters is 1. The first-order chi connectivity index (χ1) is 7.33. The van der Waals surface area contributed by atoms with E-state index >= 15 is 0 Å². The quantitative estimate of drug-likeness (QED) is 0.543. The summed E-state index contributed by atoms with van der Waals surface area (Å²) in [6.07, 6.45) is 1.34. The Kier molecular flexibility index (Phi) is 4.96. The lowest BCUT2D eigenvalue weighted by Gasteiger charge is -2.02. The molecule has 1 rings (SSSR count). The van der Waals surface area contributed by atoms with Crippen LogP contribution in [0.5, 0.6) is 0 Å². The first kappa shape index (κ1) is 11.3. The average Bonchev–Trinajstić information content (AvgIpc) is 2.26. The number of ether oxygens (including phenoxy) is 1. The zero-order chi connectivity index (χ0) is 10.9. The Bertz CT molecular complexity index is 340. The van der Waals surface area contributed by atoms with Gasteiger partial charge in [0.1, 0.15) is 0 Å². The SMILES string of the molecule is N#CCCCOC(=O)Cc1ccccc1. The summed E-state index contributed by atoms with van der Waals surface area (Å²) < 4.78 is 4.96. The molecule has 3 heteroatoms. The van der Waals surface area contributed by atoms with E-state index in [0.717, 1.165) is 5.56 Å². The smallest absolute Gasteiger partial charge is 0.310 e. The Labute approximate surface area is 89.3 Å². The van der Waals surface area contributed by atoms with Gasteiger partial charge in [0.15, 0.2) is 0 Å². The minimum atomic E-state index is -0.237. The Morgan fingerprint density at radius 1 is 1.33 bits per heavy atom. The molecule has 3 nitrogen and oxygen atoms in total.